The number of carbonyl (C=O) groups is 1. The van der Waals surface area contributed by atoms with E-state index < -0.39 is 5.60 Å². The number of aromatic nitrogens is 1. The molecule has 4 aromatic rings. The molecular weight excluding hydrogens is 634 g/mol. The van der Waals surface area contributed by atoms with E-state index in [2.05, 4.69) is 16.7 Å². The maximum absolute atomic E-state index is 12.9. The van der Waals surface area contributed by atoms with Crippen LogP contribution in [0.25, 0.3) is 10.9 Å². The number of pyridine rings is 1. The highest BCUT2D eigenvalue weighted by Crippen LogP contribution is 2.42. The summed E-state index contributed by atoms with van der Waals surface area (Å²) in [6.45, 7) is 4.16. The molecule has 2 heterocycles. The smallest absolute Gasteiger partial charge is 0.224 e. The van der Waals surface area contributed by atoms with Gasteiger partial charge in [0.15, 0.2) is 11.5 Å². The first-order valence-electron chi connectivity index (χ1n) is 18.1. The van der Waals surface area contributed by atoms with Gasteiger partial charge in [-0.05, 0) is 99.2 Å². The number of methoxy groups -OCH3 is 1. The van der Waals surface area contributed by atoms with Crippen molar-refractivity contribution in [3.05, 3.63) is 88.1 Å². The second-order valence-corrected chi connectivity index (χ2v) is 14.2. The molecule has 1 unspecified atom stereocenters. The van der Waals surface area contributed by atoms with E-state index in [0.29, 0.717) is 31.1 Å². The molecule has 8 heteroatoms. The van der Waals surface area contributed by atoms with Gasteiger partial charge in [-0.15, -0.1) is 0 Å². The number of carbonyl (C=O) groups excluding carboxylic acids is 1. The van der Waals surface area contributed by atoms with E-state index in [0.717, 1.165) is 78.9 Å². The predicted molar refractivity (Wildman–Crippen MR) is 198 cm³/mol. The normalized spacial score (nSPS) is 16.7. The van der Waals surface area contributed by atoms with Crippen LogP contribution in [0.3, 0.4) is 0 Å². The Labute approximate surface area is 296 Å². The maximum Gasteiger partial charge on any atom is 0.224 e. The van der Waals surface area contributed by atoms with E-state index in [4.69, 9.17) is 30.8 Å². The summed E-state index contributed by atoms with van der Waals surface area (Å²) in [4.78, 5) is 17.8. The number of anilines is 1. The Morgan fingerprint density at radius 2 is 1.69 bits per heavy atom. The third kappa shape index (κ3) is 9.18. The molecule has 260 valence electrons. The quantitative estimate of drug-likeness (QED) is 0.115. The van der Waals surface area contributed by atoms with Crippen molar-refractivity contribution in [2.45, 2.75) is 103 Å². The fraction of sp³-hybridized carbons (Fsp3) is 0.463. The standard InChI is InChI=1S/C41H50ClN3O4/c1-41(21-20-30-24-38(37(47-2)26-36(30)49-41)48-28-29-14-8-7-9-15-29)27-39(46)43-22-12-5-3-4-6-13-23-44-40-32-16-10-11-17-34(32)45-35-25-31(42)18-19-33(35)40/h7-9,14-15,18-19,24-26H,3-6,10-13,16-17,20-23,27-28H2,1-2H3,(H,43,46)(H,44,45). The molecule has 3 aromatic carbocycles. The Morgan fingerprint density at radius 3 is 2.51 bits per heavy atom. The van der Waals surface area contributed by atoms with E-state index >= 15 is 0 Å². The number of halogens is 1. The monoisotopic (exact) mass is 683 g/mol. The van der Waals surface area contributed by atoms with Crippen LogP contribution in [0.15, 0.2) is 60.7 Å². The number of hydrogen-bond acceptors (Lipinski definition) is 6. The number of benzene rings is 3. The van der Waals surface area contributed by atoms with Gasteiger partial charge in [0.2, 0.25) is 5.91 Å². The molecule has 1 atom stereocenters. The summed E-state index contributed by atoms with van der Waals surface area (Å²) in [5.41, 5.74) is 6.51. The number of fused-ring (bicyclic) bond motifs is 3. The van der Waals surface area contributed by atoms with Crippen LogP contribution in [-0.2, 0) is 30.7 Å². The highest BCUT2D eigenvalue weighted by molar-refractivity contribution is 6.31. The topological polar surface area (TPSA) is 81.7 Å². The van der Waals surface area contributed by atoms with Crippen LogP contribution in [-0.4, -0.2) is 36.7 Å². The number of aryl methyl sites for hydroxylation is 2. The first-order valence-corrected chi connectivity index (χ1v) is 18.5. The fourth-order valence-corrected chi connectivity index (χ4v) is 7.29. The number of ether oxygens (including phenoxy) is 3. The molecule has 49 heavy (non-hydrogen) atoms. The van der Waals surface area contributed by atoms with Gasteiger partial charge in [-0.25, -0.2) is 0 Å². The van der Waals surface area contributed by atoms with Crippen LogP contribution < -0.4 is 24.8 Å². The lowest BCUT2D eigenvalue weighted by atomic mass is 9.89. The van der Waals surface area contributed by atoms with E-state index in [1.165, 1.54) is 54.4 Å². The number of amides is 1. The second-order valence-electron chi connectivity index (χ2n) is 13.8. The summed E-state index contributed by atoms with van der Waals surface area (Å²) in [5.74, 6) is 2.14. The SMILES string of the molecule is COc1cc2c(cc1OCc1ccccc1)CCC(C)(CC(=O)NCCCCCCCCNc1c3c(nc4cc(Cl)ccc14)CCCC3)O2. The van der Waals surface area contributed by atoms with Crippen molar-refractivity contribution in [2.24, 2.45) is 0 Å². The second kappa shape index (κ2) is 16.6. The van der Waals surface area contributed by atoms with Crippen LogP contribution in [0.1, 0.15) is 93.5 Å². The van der Waals surface area contributed by atoms with Gasteiger partial charge in [0.05, 0.1) is 19.0 Å². The largest absolute Gasteiger partial charge is 0.493 e. The summed E-state index contributed by atoms with van der Waals surface area (Å²) in [6.07, 6.45) is 13.3. The van der Waals surface area contributed by atoms with Crippen molar-refractivity contribution in [1.29, 1.82) is 0 Å². The van der Waals surface area contributed by atoms with E-state index in [-0.39, 0.29) is 5.91 Å². The molecule has 1 aliphatic heterocycles. The van der Waals surface area contributed by atoms with Crippen molar-refractivity contribution in [3.8, 4) is 17.2 Å². The zero-order valence-electron chi connectivity index (χ0n) is 29.0. The lowest BCUT2D eigenvalue weighted by molar-refractivity contribution is -0.125. The molecule has 0 fully saturated rings. The summed E-state index contributed by atoms with van der Waals surface area (Å²) in [5, 5.41) is 8.81. The van der Waals surface area contributed by atoms with Gasteiger partial charge in [-0.2, -0.15) is 0 Å². The number of nitrogens with zero attached hydrogens (tertiary/aromatic N) is 1. The molecular formula is C41H50ClN3O4. The first kappa shape index (κ1) is 34.9. The molecule has 0 saturated carbocycles. The Hall–Kier alpha value is -3.97. The zero-order chi connectivity index (χ0) is 34.1. The number of hydrogen-bond donors (Lipinski definition) is 2. The third-order valence-electron chi connectivity index (χ3n) is 9.85. The minimum Gasteiger partial charge on any atom is -0.493 e. The molecule has 6 rings (SSSR count). The van der Waals surface area contributed by atoms with Crippen molar-refractivity contribution in [3.63, 3.8) is 0 Å². The fourth-order valence-electron chi connectivity index (χ4n) is 7.12. The highest BCUT2D eigenvalue weighted by Gasteiger charge is 2.34. The van der Waals surface area contributed by atoms with Gasteiger partial charge in [-0.1, -0.05) is 67.6 Å². The lowest BCUT2D eigenvalue weighted by Crippen LogP contribution is -2.41. The summed E-state index contributed by atoms with van der Waals surface area (Å²) in [7, 11) is 1.64. The minimum absolute atomic E-state index is 0.0416. The molecule has 0 spiro atoms. The summed E-state index contributed by atoms with van der Waals surface area (Å²) in [6, 6.07) is 20.1. The summed E-state index contributed by atoms with van der Waals surface area (Å²) < 4.78 is 18.1. The average molecular weight is 684 g/mol. The molecule has 1 amide bonds. The Kier molecular flexibility index (Phi) is 11.8. The molecule has 0 radical (unpaired) electrons. The van der Waals surface area contributed by atoms with Gasteiger partial charge in [-0.3, -0.25) is 9.78 Å². The first-order chi connectivity index (χ1) is 23.9. The van der Waals surface area contributed by atoms with Gasteiger partial charge >= 0.3 is 0 Å². The molecule has 1 aliphatic carbocycles. The molecule has 2 aliphatic rings. The summed E-state index contributed by atoms with van der Waals surface area (Å²) >= 11 is 6.28. The van der Waals surface area contributed by atoms with Crippen LogP contribution >= 0.6 is 11.6 Å². The van der Waals surface area contributed by atoms with Crippen LogP contribution in [0.2, 0.25) is 5.02 Å². The maximum atomic E-state index is 12.9. The molecule has 7 nitrogen and oxygen atoms in total. The Balaban J connectivity index is 0.872. The third-order valence-corrected chi connectivity index (χ3v) is 10.1. The number of nitrogens with one attached hydrogen (secondary N) is 2. The van der Waals surface area contributed by atoms with Gasteiger partial charge in [0.1, 0.15) is 18.0 Å². The van der Waals surface area contributed by atoms with E-state index in [1.54, 1.807) is 7.11 Å². The molecule has 0 saturated heterocycles. The average Bonchev–Trinajstić information content (AvgIpc) is 3.10. The minimum atomic E-state index is -0.558. The van der Waals surface area contributed by atoms with Crippen molar-refractivity contribution in [2.75, 3.05) is 25.5 Å². The molecule has 0 bridgehead atoms. The van der Waals surface area contributed by atoms with E-state index in [1.807, 2.05) is 61.5 Å². The number of rotatable bonds is 16. The Morgan fingerprint density at radius 1 is 0.918 bits per heavy atom. The predicted octanol–water partition coefficient (Wildman–Crippen LogP) is 9.40. The van der Waals surface area contributed by atoms with Gasteiger partial charge in [0, 0.05) is 40.9 Å². The van der Waals surface area contributed by atoms with Crippen molar-refractivity contribution in [1.82, 2.24) is 10.3 Å². The highest BCUT2D eigenvalue weighted by atomic mass is 35.5. The van der Waals surface area contributed by atoms with Crippen LogP contribution in [0.5, 0.6) is 17.2 Å². The molecule has 1 aromatic heterocycles. The Bertz CT molecular complexity index is 1730. The van der Waals surface area contributed by atoms with Crippen LogP contribution in [0, 0.1) is 0 Å². The van der Waals surface area contributed by atoms with Crippen molar-refractivity contribution < 1.29 is 19.0 Å². The van der Waals surface area contributed by atoms with E-state index in [9.17, 15) is 4.79 Å². The van der Waals surface area contributed by atoms with Gasteiger partial charge in [0.25, 0.3) is 0 Å². The molecule has 2 N–H and O–H groups in total. The van der Waals surface area contributed by atoms with Crippen molar-refractivity contribution >= 4 is 34.1 Å². The van der Waals surface area contributed by atoms with Gasteiger partial charge < -0.3 is 24.8 Å². The lowest BCUT2D eigenvalue weighted by Gasteiger charge is -2.35. The number of unbranched alkanes of at least 4 members (excludes halogenated alkanes) is 5. The van der Waals surface area contributed by atoms with Crippen LogP contribution in [0.4, 0.5) is 5.69 Å². The zero-order valence-corrected chi connectivity index (χ0v) is 29.8.